The van der Waals surface area contributed by atoms with E-state index in [1.54, 1.807) is 37.9 Å². The van der Waals surface area contributed by atoms with Crippen molar-refractivity contribution in [3.63, 3.8) is 0 Å². The molecule has 178 valence electrons. The molecule has 3 heterocycles. The van der Waals surface area contributed by atoms with Crippen molar-refractivity contribution in [2.45, 2.75) is 26.8 Å². The van der Waals surface area contributed by atoms with Gasteiger partial charge < -0.3 is 14.2 Å². The molecule has 1 aliphatic heterocycles. The maximum atomic E-state index is 13.7. The second-order valence-corrected chi connectivity index (χ2v) is 10.2. The first-order valence-corrected chi connectivity index (χ1v) is 12.5. The minimum atomic E-state index is -0.592. The molecule has 0 unspecified atom stereocenters. The van der Waals surface area contributed by atoms with Crippen LogP contribution >= 0.6 is 22.7 Å². The van der Waals surface area contributed by atoms with E-state index in [9.17, 15) is 9.59 Å². The predicted molar refractivity (Wildman–Crippen MR) is 133 cm³/mol. The highest BCUT2D eigenvalue weighted by molar-refractivity contribution is 7.10. The molecule has 0 radical (unpaired) electrons. The number of aromatic nitrogens is 1. The molecule has 0 saturated carbocycles. The van der Waals surface area contributed by atoms with Crippen molar-refractivity contribution < 1.29 is 19.0 Å². The Kier molecular flexibility index (Phi) is 7.04. The van der Waals surface area contributed by atoms with E-state index in [2.05, 4.69) is 4.99 Å². The van der Waals surface area contributed by atoms with E-state index >= 15 is 0 Å². The average molecular weight is 499 g/mol. The molecule has 0 N–H and O–H groups in total. The van der Waals surface area contributed by atoms with Crippen molar-refractivity contribution in [1.29, 1.82) is 0 Å². The lowest BCUT2D eigenvalue weighted by molar-refractivity contribution is -0.140. The molecule has 0 amide bonds. The number of ether oxygens (including phenoxy) is 3. The minimum absolute atomic E-state index is 0.198. The molecular weight excluding hydrogens is 472 g/mol. The van der Waals surface area contributed by atoms with Crippen molar-refractivity contribution in [2.75, 3.05) is 20.8 Å². The minimum Gasteiger partial charge on any atom is -0.493 e. The quantitative estimate of drug-likeness (QED) is 0.466. The van der Waals surface area contributed by atoms with Gasteiger partial charge in [-0.2, -0.15) is 0 Å². The van der Waals surface area contributed by atoms with Crippen molar-refractivity contribution in [3.8, 4) is 11.5 Å². The molecule has 0 bridgehead atoms. The third kappa shape index (κ3) is 4.45. The zero-order valence-corrected chi connectivity index (χ0v) is 21.3. The molecule has 34 heavy (non-hydrogen) atoms. The molecule has 2 aromatic heterocycles. The summed E-state index contributed by atoms with van der Waals surface area (Å²) >= 11 is 2.76. The first-order chi connectivity index (χ1) is 16.3. The summed E-state index contributed by atoms with van der Waals surface area (Å²) in [5.74, 6) is 0.868. The van der Waals surface area contributed by atoms with E-state index in [4.69, 9.17) is 14.2 Å². The van der Waals surface area contributed by atoms with Gasteiger partial charge in [0.15, 0.2) is 16.3 Å². The standard InChI is InChI=1S/C25H26N2O5S2/c1-14(2)13-32-24(29)20-15(3)26-25-27(21(20)18-10-7-11-33-18)23(28)19(34-25)12-16-8-6-9-17(30-4)22(16)31-5/h6-12,14,21H,13H2,1-5H3/b19-12+/t21-/m1/s1. The third-order valence-electron chi connectivity index (χ3n) is 5.32. The van der Waals surface area contributed by atoms with Crippen LogP contribution in [-0.2, 0) is 9.53 Å². The fraction of sp³-hybridized carbons (Fsp3) is 0.320. The molecule has 1 aromatic carbocycles. The first kappa shape index (κ1) is 24.0. The van der Waals surface area contributed by atoms with Gasteiger partial charge in [-0.05, 0) is 36.4 Å². The molecule has 1 aliphatic rings. The van der Waals surface area contributed by atoms with Crippen LogP contribution in [0.4, 0.5) is 0 Å². The maximum absolute atomic E-state index is 13.7. The van der Waals surface area contributed by atoms with Crippen LogP contribution in [0.3, 0.4) is 0 Å². The predicted octanol–water partition coefficient (Wildman–Crippen LogP) is 3.51. The van der Waals surface area contributed by atoms with Gasteiger partial charge in [0.1, 0.15) is 6.04 Å². The number of rotatable bonds is 7. The van der Waals surface area contributed by atoms with Crippen LogP contribution in [0.2, 0.25) is 0 Å². The summed E-state index contributed by atoms with van der Waals surface area (Å²) in [6.07, 6.45) is 1.77. The Morgan fingerprint density at radius 2 is 2.00 bits per heavy atom. The zero-order chi connectivity index (χ0) is 24.4. The largest absolute Gasteiger partial charge is 0.493 e. The molecule has 4 rings (SSSR count). The van der Waals surface area contributed by atoms with Gasteiger partial charge >= 0.3 is 5.97 Å². The number of hydrogen-bond acceptors (Lipinski definition) is 8. The van der Waals surface area contributed by atoms with Gasteiger partial charge in [0.2, 0.25) is 0 Å². The number of thiophene rings is 1. The summed E-state index contributed by atoms with van der Waals surface area (Å²) in [6, 6.07) is 8.73. The number of esters is 1. The number of methoxy groups -OCH3 is 2. The highest BCUT2D eigenvalue weighted by atomic mass is 32.1. The maximum Gasteiger partial charge on any atom is 0.338 e. The average Bonchev–Trinajstić information content (AvgIpc) is 3.45. The fourth-order valence-electron chi connectivity index (χ4n) is 3.79. The second-order valence-electron chi connectivity index (χ2n) is 8.17. The molecule has 3 aromatic rings. The smallest absolute Gasteiger partial charge is 0.338 e. The summed E-state index contributed by atoms with van der Waals surface area (Å²) in [4.78, 5) is 32.8. The highest BCUT2D eigenvalue weighted by Crippen LogP contribution is 2.34. The number of thiazole rings is 1. The number of fused-ring (bicyclic) bond motifs is 1. The van der Waals surface area contributed by atoms with Gasteiger partial charge in [-0.3, -0.25) is 9.36 Å². The van der Waals surface area contributed by atoms with Crippen LogP contribution in [0, 0.1) is 5.92 Å². The first-order valence-electron chi connectivity index (χ1n) is 10.8. The van der Waals surface area contributed by atoms with E-state index in [0.29, 0.717) is 44.3 Å². The van der Waals surface area contributed by atoms with E-state index in [1.165, 1.54) is 22.7 Å². The topological polar surface area (TPSA) is 79.1 Å². The Bertz CT molecular complexity index is 1410. The van der Waals surface area contributed by atoms with Gasteiger partial charge in [0, 0.05) is 10.4 Å². The van der Waals surface area contributed by atoms with Gasteiger partial charge in [-0.25, -0.2) is 9.79 Å². The van der Waals surface area contributed by atoms with Crippen LogP contribution in [0.15, 0.2) is 56.8 Å². The fourth-order valence-corrected chi connectivity index (χ4v) is 5.65. The highest BCUT2D eigenvalue weighted by Gasteiger charge is 2.34. The summed E-state index contributed by atoms with van der Waals surface area (Å²) in [6.45, 7) is 6.04. The number of nitrogens with zero attached hydrogens (tertiary/aromatic N) is 2. The second kappa shape index (κ2) is 9.99. The lowest BCUT2D eigenvalue weighted by atomic mass is 10.0. The number of allylic oxidation sites excluding steroid dienone is 1. The molecule has 1 atom stereocenters. The Morgan fingerprint density at radius 1 is 1.21 bits per heavy atom. The van der Waals surface area contributed by atoms with Crippen LogP contribution in [-0.4, -0.2) is 31.4 Å². The van der Waals surface area contributed by atoms with Crippen molar-refractivity contribution in [3.05, 3.63) is 77.1 Å². The molecule has 0 spiro atoms. The molecule has 0 fully saturated rings. The van der Waals surface area contributed by atoms with E-state index in [0.717, 1.165) is 4.88 Å². The van der Waals surface area contributed by atoms with Crippen LogP contribution in [0.5, 0.6) is 11.5 Å². The van der Waals surface area contributed by atoms with Crippen LogP contribution in [0.1, 0.15) is 37.3 Å². The van der Waals surface area contributed by atoms with Crippen LogP contribution < -0.4 is 24.4 Å². The Morgan fingerprint density at radius 3 is 2.65 bits per heavy atom. The summed E-state index contributed by atoms with van der Waals surface area (Å²) in [7, 11) is 3.13. The van der Waals surface area contributed by atoms with Crippen molar-refractivity contribution in [1.82, 2.24) is 4.57 Å². The van der Waals surface area contributed by atoms with Gasteiger partial charge in [0.25, 0.3) is 5.56 Å². The Balaban J connectivity index is 1.89. The zero-order valence-electron chi connectivity index (χ0n) is 19.7. The number of benzene rings is 1. The molecule has 0 aliphatic carbocycles. The van der Waals surface area contributed by atoms with E-state index < -0.39 is 12.0 Å². The number of hydrogen-bond donors (Lipinski definition) is 0. The lowest BCUT2D eigenvalue weighted by Gasteiger charge is -2.23. The molecule has 7 nitrogen and oxygen atoms in total. The number of para-hydroxylation sites is 1. The molecular formula is C25H26N2O5S2. The Hall–Kier alpha value is -3.17. The summed E-state index contributed by atoms with van der Waals surface area (Å²) < 4.78 is 18.5. The third-order valence-corrected chi connectivity index (χ3v) is 7.23. The van der Waals surface area contributed by atoms with Gasteiger partial charge in [0.05, 0.1) is 36.6 Å². The van der Waals surface area contributed by atoms with Crippen molar-refractivity contribution in [2.24, 2.45) is 10.9 Å². The van der Waals surface area contributed by atoms with E-state index in [1.807, 2.05) is 43.5 Å². The summed E-state index contributed by atoms with van der Waals surface area (Å²) in [5.41, 5.74) is 1.43. The number of carbonyl (C=O) groups excluding carboxylic acids is 1. The van der Waals surface area contributed by atoms with Crippen molar-refractivity contribution >= 4 is 34.7 Å². The Labute approximate surface area is 205 Å². The normalized spacial score (nSPS) is 15.8. The van der Waals surface area contributed by atoms with Crippen LogP contribution in [0.25, 0.3) is 6.08 Å². The monoisotopic (exact) mass is 498 g/mol. The van der Waals surface area contributed by atoms with E-state index in [-0.39, 0.29) is 11.5 Å². The van der Waals surface area contributed by atoms with Gasteiger partial charge in [-0.1, -0.05) is 43.4 Å². The summed E-state index contributed by atoms with van der Waals surface area (Å²) in [5, 5.41) is 1.93. The molecule has 9 heteroatoms. The van der Waals surface area contributed by atoms with Gasteiger partial charge in [-0.15, -0.1) is 11.3 Å². The SMILES string of the molecule is COc1cccc(/C=c2/sc3n(c2=O)[C@H](c2cccs2)C(C(=O)OCC(C)C)=C(C)N=3)c1OC. The molecule has 0 saturated heterocycles. The lowest BCUT2D eigenvalue weighted by Crippen LogP contribution is -2.39. The number of carbonyl (C=O) groups is 1.